The molecule has 0 saturated heterocycles. The van der Waals surface area contributed by atoms with Crippen LogP contribution in [0.3, 0.4) is 0 Å². The van der Waals surface area contributed by atoms with E-state index < -0.39 is 15.6 Å². The molecule has 1 aromatic rings. The Morgan fingerprint density at radius 3 is 2.56 bits per heavy atom. The van der Waals surface area contributed by atoms with Gasteiger partial charge in [0.1, 0.15) is 0 Å². The van der Waals surface area contributed by atoms with Crippen molar-refractivity contribution in [3.8, 4) is 0 Å². The minimum atomic E-state index is -3.28. The van der Waals surface area contributed by atoms with Crippen molar-refractivity contribution >= 4 is 28.2 Å². The van der Waals surface area contributed by atoms with Crippen molar-refractivity contribution in [2.75, 3.05) is 12.0 Å². The first-order valence-electron chi connectivity index (χ1n) is 4.50. The zero-order valence-corrected chi connectivity index (χ0v) is 10.9. The topological polar surface area (TPSA) is 106 Å². The summed E-state index contributed by atoms with van der Waals surface area (Å²) in [6, 6.07) is 0. The number of nitrogens with two attached hydrogens (primary N) is 1. The zero-order chi connectivity index (χ0) is 12.6. The van der Waals surface area contributed by atoms with Gasteiger partial charge in [0.2, 0.25) is 16.0 Å². The molecule has 0 spiro atoms. The molecule has 92 valence electrons. The Labute approximate surface area is 99.1 Å². The summed E-state index contributed by atoms with van der Waals surface area (Å²) in [4.78, 5) is 0. The second-order valence-electron chi connectivity index (χ2n) is 4.23. The second kappa shape index (κ2) is 4.15. The largest absolute Gasteiger partial charge is 0.368 e. The summed E-state index contributed by atoms with van der Waals surface area (Å²) in [6.07, 6.45) is 1.10. The van der Waals surface area contributed by atoms with Gasteiger partial charge in [0.15, 0.2) is 4.77 Å². The molecular formula is C7H15N5O2S2. The summed E-state index contributed by atoms with van der Waals surface area (Å²) < 4.78 is 26.7. The highest BCUT2D eigenvalue weighted by molar-refractivity contribution is 7.88. The van der Waals surface area contributed by atoms with E-state index in [1.807, 2.05) is 0 Å². The summed E-state index contributed by atoms with van der Waals surface area (Å²) >= 11 is 4.97. The Morgan fingerprint density at radius 1 is 1.62 bits per heavy atom. The highest BCUT2D eigenvalue weighted by atomic mass is 32.2. The first-order valence-corrected chi connectivity index (χ1v) is 6.80. The van der Waals surface area contributed by atoms with Crippen molar-refractivity contribution in [3.63, 3.8) is 0 Å². The molecule has 0 aromatic carbocycles. The quantitative estimate of drug-likeness (QED) is 0.657. The third-order valence-corrected chi connectivity index (χ3v) is 3.04. The fourth-order valence-corrected chi connectivity index (χ4v) is 2.68. The van der Waals surface area contributed by atoms with E-state index in [1.165, 1.54) is 4.57 Å². The minimum Gasteiger partial charge on any atom is -0.368 e. The lowest BCUT2D eigenvalue weighted by atomic mass is 10.1. The van der Waals surface area contributed by atoms with Gasteiger partial charge in [-0.3, -0.25) is 4.57 Å². The predicted octanol–water partition coefficient (Wildman–Crippen LogP) is -0.149. The van der Waals surface area contributed by atoms with Gasteiger partial charge in [-0.2, -0.15) is 0 Å². The van der Waals surface area contributed by atoms with Crippen molar-refractivity contribution in [1.29, 1.82) is 0 Å². The molecule has 7 nitrogen and oxygen atoms in total. The van der Waals surface area contributed by atoms with Crippen molar-refractivity contribution in [1.82, 2.24) is 19.5 Å². The SMILES string of the molecule is CC(C)(Cn1c(N)n[nH]c1=S)NS(C)(=O)=O. The molecule has 1 rings (SSSR count). The van der Waals surface area contributed by atoms with E-state index >= 15 is 0 Å². The van der Waals surface area contributed by atoms with Crippen LogP contribution in [0.4, 0.5) is 5.95 Å². The molecule has 0 amide bonds. The van der Waals surface area contributed by atoms with Crippen LogP contribution in [-0.4, -0.2) is 35.0 Å². The van der Waals surface area contributed by atoms with E-state index in [0.717, 1.165) is 6.26 Å². The molecule has 0 unspecified atom stereocenters. The van der Waals surface area contributed by atoms with E-state index in [0.29, 0.717) is 11.3 Å². The lowest BCUT2D eigenvalue weighted by Gasteiger charge is -2.25. The molecule has 0 bridgehead atoms. The van der Waals surface area contributed by atoms with Crippen LogP contribution in [0.15, 0.2) is 0 Å². The first kappa shape index (κ1) is 13.1. The molecule has 0 atom stereocenters. The monoisotopic (exact) mass is 265 g/mol. The Morgan fingerprint density at radius 2 is 2.19 bits per heavy atom. The van der Waals surface area contributed by atoms with Crippen molar-refractivity contribution in [2.45, 2.75) is 25.9 Å². The molecule has 0 radical (unpaired) electrons. The maximum absolute atomic E-state index is 11.1. The van der Waals surface area contributed by atoms with Crippen LogP contribution in [0.2, 0.25) is 0 Å². The lowest BCUT2D eigenvalue weighted by molar-refractivity contribution is 0.391. The van der Waals surface area contributed by atoms with Crippen LogP contribution in [0.25, 0.3) is 0 Å². The number of nitrogens with zero attached hydrogens (tertiary/aromatic N) is 2. The van der Waals surface area contributed by atoms with E-state index in [-0.39, 0.29) is 5.95 Å². The Hall–Kier alpha value is -0.930. The third kappa shape index (κ3) is 3.58. The molecule has 9 heteroatoms. The van der Waals surface area contributed by atoms with Gasteiger partial charge < -0.3 is 5.73 Å². The Bertz CT molecular complexity index is 527. The molecule has 0 aliphatic heterocycles. The van der Waals surface area contributed by atoms with Crippen molar-refractivity contribution in [2.24, 2.45) is 0 Å². The van der Waals surface area contributed by atoms with Crippen LogP contribution in [0.1, 0.15) is 13.8 Å². The number of nitrogen functional groups attached to an aromatic ring is 1. The molecule has 1 heterocycles. The number of hydrogen-bond donors (Lipinski definition) is 3. The Balaban J connectivity index is 2.93. The van der Waals surface area contributed by atoms with E-state index in [4.69, 9.17) is 18.0 Å². The third-order valence-electron chi connectivity index (χ3n) is 1.80. The lowest BCUT2D eigenvalue weighted by Crippen LogP contribution is -2.46. The van der Waals surface area contributed by atoms with Gasteiger partial charge in [0.25, 0.3) is 0 Å². The maximum Gasteiger partial charge on any atom is 0.220 e. The van der Waals surface area contributed by atoms with Crippen LogP contribution >= 0.6 is 12.2 Å². The fourth-order valence-electron chi connectivity index (χ4n) is 1.41. The molecule has 1 aromatic heterocycles. The molecule has 4 N–H and O–H groups in total. The van der Waals surface area contributed by atoms with Crippen LogP contribution in [-0.2, 0) is 16.6 Å². The van der Waals surface area contributed by atoms with Crippen LogP contribution < -0.4 is 10.5 Å². The summed E-state index contributed by atoms with van der Waals surface area (Å²) in [5.74, 6) is 0.230. The normalized spacial score (nSPS) is 12.9. The summed E-state index contributed by atoms with van der Waals surface area (Å²) in [7, 11) is -3.28. The Kier molecular flexibility index (Phi) is 3.41. The molecule has 0 aliphatic carbocycles. The van der Waals surface area contributed by atoms with E-state index in [1.54, 1.807) is 13.8 Å². The molecule has 16 heavy (non-hydrogen) atoms. The highest BCUT2D eigenvalue weighted by Crippen LogP contribution is 2.11. The van der Waals surface area contributed by atoms with Gasteiger partial charge in [0, 0.05) is 12.1 Å². The number of nitrogens with one attached hydrogen (secondary N) is 2. The second-order valence-corrected chi connectivity index (χ2v) is 6.37. The van der Waals surface area contributed by atoms with Gasteiger partial charge in [-0.05, 0) is 26.1 Å². The number of aromatic amines is 1. The van der Waals surface area contributed by atoms with Crippen LogP contribution in [0.5, 0.6) is 0 Å². The summed E-state index contributed by atoms with van der Waals surface area (Å²) in [6.45, 7) is 3.78. The maximum atomic E-state index is 11.1. The number of aromatic nitrogens is 3. The number of anilines is 1. The number of rotatable bonds is 4. The number of sulfonamides is 1. The minimum absolute atomic E-state index is 0.230. The molecule has 0 fully saturated rings. The molecular weight excluding hydrogens is 250 g/mol. The molecule has 0 aliphatic rings. The number of hydrogen-bond acceptors (Lipinski definition) is 5. The standard InChI is InChI=1S/C7H15N5O2S2/c1-7(2,11-16(3,13)14)4-12-5(8)9-10-6(12)15/h11H,4H2,1-3H3,(H2,8,9)(H,10,15). The smallest absolute Gasteiger partial charge is 0.220 e. The fraction of sp³-hybridized carbons (Fsp3) is 0.714. The zero-order valence-electron chi connectivity index (χ0n) is 9.31. The average Bonchev–Trinajstić information content (AvgIpc) is 2.30. The molecule has 0 saturated carbocycles. The van der Waals surface area contributed by atoms with Crippen molar-refractivity contribution < 1.29 is 8.42 Å². The van der Waals surface area contributed by atoms with Gasteiger partial charge >= 0.3 is 0 Å². The predicted molar refractivity (Wildman–Crippen MR) is 63.9 cm³/mol. The van der Waals surface area contributed by atoms with Crippen molar-refractivity contribution in [3.05, 3.63) is 4.77 Å². The summed E-state index contributed by atoms with van der Waals surface area (Å²) in [5.41, 5.74) is 4.90. The average molecular weight is 265 g/mol. The number of H-pyrrole nitrogens is 1. The van der Waals surface area contributed by atoms with Gasteiger partial charge in [-0.25, -0.2) is 18.2 Å². The first-order chi connectivity index (χ1) is 7.11. The van der Waals surface area contributed by atoms with Gasteiger partial charge in [0.05, 0.1) is 6.26 Å². The van der Waals surface area contributed by atoms with E-state index in [9.17, 15) is 8.42 Å². The summed E-state index contributed by atoms with van der Waals surface area (Å²) in [5, 5.41) is 6.28. The van der Waals surface area contributed by atoms with Gasteiger partial charge in [-0.15, -0.1) is 5.10 Å². The van der Waals surface area contributed by atoms with Crippen LogP contribution in [0, 0.1) is 4.77 Å². The highest BCUT2D eigenvalue weighted by Gasteiger charge is 2.24. The van der Waals surface area contributed by atoms with E-state index in [2.05, 4.69) is 14.9 Å². The van der Waals surface area contributed by atoms with Gasteiger partial charge in [-0.1, -0.05) is 0 Å².